The number of hydrogen-bond acceptors (Lipinski definition) is 3. The number of nitrogens with one attached hydrogen (secondary N) is 1. The fourth-order valence-electron chi connectivity index (χ4n) is 5.66. The summed E-state index contributed by atoms with van der Waals surface area (Å²) in [6, 6.07) is 7.69. The zero-order chi connectivity index (χ0) is 25.1. The fourth-order valence-corrected chi connectivity index (χ4v) is 6.93. The van der Waals surface area contributed by atoms with Crippen molar-refractivity contribution in [2.24, 2.45) is 10.8 Å². The smallest absolute Gasteiger partial charge is 0.335 e. The zero-order valence-corrected chi connectivity index (χ0v) is 20.6. The molecule has 2 aromatic rings. The molecule has 1 aliphatic heterocycles. The topological polar surface area (TPSA) is 66.5 Å². The predicted molar refractivity (Wildman–Crippen MR) is 124 cm³/mol. The molecule has 1 saturated heterocycles. The number of sulfonamides is 1. The van der Waals surface area contributed by atoms with Gasteiger partial charge in [0.1, 0.15) is 0 Å². The Hall–Kier alpha value is -2.26. The molecule has 1 heterocycles. The lowest BCUT2D eigenvalue weighted by molar-refractivity contribution is -0.137. The summed E-state index contributed by atoms with van der Waals surface area (Å²) < 4.78 is 67.0. The summed E-state index contributed by atoms with van der Waals surface area (Å²) in [6.07, 6.45) is -1.89. The van der Waals surface area contributed by atoms with Crippen LogP contribution in [0.25, 0.3) is 0 Å². The first kappa shape index (κ1) is 24.9. The molecular weight excluding hydrogens is 489 g/mol. The number of hydrogen-bond donors (Lipinski definition) is 1. The van der Waals surface area contributed by atoms with Crippen LogP contribution in [0, 0.1) is 10.8 Å². The van der Waals surface area contributed by atoms with Gasteiger partial charge < -0.3 is 4.90 Å². The van der Waals surface area contributed by atoms with E-state index in [4.69, 9.17) is 11.6 Å². The van der Waals surface area contributed by atoms with Crippen LogP contribution >= 0.6 is 11.6 Å². The van der Waals surface area contributed by atoms with Gasteiger partial charge >= 0.3 is 6.18 Å². The van der Waals surface area contributed by atoms with Crippen molar-refractivity contribution in [1.29, 1.82) is 0 Å². The maximum absolute atomic E-state index is 13.5. The van der Waals surface area contributed by atoms with E-state index in [9.17, 15) is 26.4 Å². The van der Waals surface area contributed by atoms with Crippen LogP contribution in [-0.2, 0) is 16.2 Å². The summed E-state index contributed by atoms with van der Waals surface area (Å²) in [5, 5.41) is 0.119. The van der Waals surface area contributed by atoms with Crippen molar-refractivity contribution in [3.8, 4) is 0 Å². The lowest BCUT2D eigenvalue weighted by Crippen LogP contribution is -2.37. The molecule has 2 aliphatic rings. The summed E-state index contributed by atoms with van der Waals surface area (Å²) in [5.74, 6) is -0.340. The van der Waals surface area contributed by atoms with E-state index in [1.165, 1.54) is 24.3 Å². The maximum Gasteiger partial charge on any atom is 0.416 e. The van der Waals surface area contributed by atoms with Gasteiger partial charge in [-0.2, -0.15) is 13.2 Å². The average molecular weight is 515 g/mol. The van der Waals surface area contributed by atoms with Crippen molar-refractivity contribution in [1.82, 2.24) is 4.90 Å². The molecule has 1 aliphatic carbocycles. The van der Waals surface area contributed by atoms with Gasteiger partial charge in [-0.15, -0.1) is 0 Å². The highest BCUT2D eigenvalue weighted by Crippen LogP contribution is 2.52. The number of alkyl halides is 3. The Morgan fingerprint density at radius 1 is 1.12 bits per heavy atom. The predicted octanol–water partition coefficient (Wildman–Crippen LogP) is 6.20. The minimum atomic E-state index is -4.61. The molecule has 2 fully saturated rings. The molecule has 0 spiro atoms. The first-order chi connectivity index (χ1) is 15.6. The molecule has 4 rings (SSSR count). The zero-order valence-electron chi connectivity index (χ0n) is 19.0. The first-order valence-corrected chi connectivity index (χ1v) is 12.8. The minimum absolute atomic E-state index is 0.0106. The van der Waals surface area contributed by atoms with Gasteiger partial charge in [0.25, 0.3) is 15.9 Å². The number of fused-ring (bicyclic) bond motifs is 2. The van der Waals surface area contributed by atoms with Gasteiger partial charge in [0.05, 0.1) is 21.0 Å². The number of amides is 1. The van der Waals surface area contributed by atoms with Crippen LogP contribution in [-0.4, -0.2) is 31.8 Å². The quantitative estimate of drug-likeness (QED) is 0.528. The standard InChI is InChI=1S/C24H26ClF3N2O3S/c1-22(2)11-17-12-23(3,13-22)14-30(17)21(31)19-10-18(7-8-20(19)25)34(32,33)29-16-6-4-5-15(9-16)24(26,27)28/h4-10,17,29H,11-14H2,1-3H3. The molecule has 2 atom stereocenters. The number of anilines is 1. The van der Waals surface area contributed by atoms with Crippen LogP contribution in [0.3, 0.4) is 0 Å². The number of benzene rings is 2. The molecular formula is C24H26ClF3N2O3S. The molecule has 1 saturated carbocycles. The van der Waals surface area contributed by atoms with Crippen LogP contribution in [0.15, 0.2) is 47.4 Å². The molecule has 0 aromatic heterocycles. The highest BCUT2D eigenvalue weighted by molar-refractivity contribution is 7.92. The van der Waals surface area contributed by atoms with E-state index < -0.39 is 21.8 Å². The van der Waals surface area contributed by atoms with Crippen molar-refractivity contribution in [2.45, 2.75) is 57.1 Å². The number of carbonyl (C=O) groups is 1. The first-order valence-electron chi connectivity index (χ1n) is 10.9. The Morgan fingerprint density at radius 2 is 1.82 bits per heavy atom. The minimum Gasteiger partial charge on any atom is -0.335 e. The van der Waals surface area contributed by atoms with Gasteiger partial charge in [0.2, 0.25) is 0 Å². The van der Waals surface area contributed by atoms with Crippen LogP contribution < -0.4 is 4.72 Å². The summed E-state index contributed by atoms with van der Waals surface area (Å²) >= 11 is 6.30. The molecule has 2 bridgehead atoms. The van der Waals surface area contributed by atoms with Crippen molar-refractivity contribution in [2.75, 3.05) is 11.3 Å². The van der Waals surface area contributed by atoms with E-state index in [2.05, 4.69) is 25.5 Å². The molecule has 5 nitrogen and oxygen atoms in total. The van der Waals surface area contributed by atoms with E-state index >= 15 is 0 Å². The Labute approximate surface area is 202 Å². The molecule has 34 heavy (non-hydrogen) atoms. The molecule has 184 valence electrons. The van der Waals surface area contributed by atoms with Crippen molar-refractivity contribution in [3.05, 3.63) is 58.6 Å². The molecule has 2 unspecified atom stereocenters. The van der Waals surface area contributed by atoms with E-state index in [-0.39, 0.29) is 43.9 Å². The Kier molecular flexibility index (Phi) is 5.96. The molecule has 1 N–H and O–H groups in total. The van der Waals surface area contributed by atoms with Crippen LogP contribution in [0.5, 0.6) is 0 Å². The van der Waals surface area contributed by atoms with Gasteiger partial charge in [-0.1, -0.05) is 38.4 Å². The van der Waals surface area contributed by atoms with E-state index in [1.807, 2.05) is 0 Å². The fraction of sp³-hybridized carbons (Fsp3) is 0.458. The van der Waals surface area contributed by atoms with Gasteiger partial charge in [0, 0.05) is 18.3 Å². The van der Waals surface area contributed by atoms with Crippen LogP contribution in [0.4, 0.5) is 18.9 Å². The monoisotopic (exact) mass is 514 g/mol. The SMILES string of the molecule is CC1(C)CC2CC(C)(CN2C(=O)c2cc(S(=O)(=O)Nc3cccc(C(F)(F)F)c3)ccc2Cl)C1. The van der Waals surface area contributed by atoms with Gasteiger partial charge in [0.15, 0.2) is 0 Å². The van der Waals surface area contributed by atoms with Crippen LogP contribution in [0.1, 0.15) is 56.0 Å². The third-order valence-corrected chi connectivity index (χ3v) is 8.30. The lowest BCUT2D eigenvalue weighted by Gasteiger charge is -2.39. The Balaban J connectivity index is 1.62. The number of likely N-dealkylation sites (tertiary alicyclic amines) is 1. The lowest BCUT2D eigenvalue weighted by atomic mass is 9.65. The second-order valence-electron chi connectivity index (χ2n) is 10.5. The van der Waals surface area contributed by atoms with Crippen molar-refractivity contribution >= 4 is 33.2 Å². The third kappa shape index (κ3) is 4.91. The number of carbonyl (C=O) groups excluding carboxylic acids is 1. The normalized spacial score (nSPS) is 24.2. The van der Waals surface area contributed by atoms with E-state index in [0.29, 0.717) is 12.6 Å². The highest BCUT2D eigenvalue weighted by Gasteiger charge is 2.51. The summed E-state index contributed by atoms with van der Waals surface area (Å²) in [4.78, 5) is 15.0. The van der Waals surface area contributed by atoms with Crippen LogP contribution in [0.2, 0.25) is 5.02 Å². The summed E-state index contributed by atoms with van der Waals surface area (Å²) in [6.45, 7) is 7.10. The summed E-state index contributed by atoms with van der Waals surface area (Å²) in [7, 11) is -4.27. The van der Waals surface area contributed by atoms with E-state index in [1.54, 1.807) is 4.90 Å². The highest BCUT2D eigenvalue weighted by atomic mass is 35.5. The largest absolute Gasteiger partial charge is 0.416 e. The Morgan fingerprint density at radius 3 is 2.50 bits per heavy atom. The maximum atomic E-state index is 13.5. The summed E-state index contributed by atoms with van der Waals surface area (Å²) in [5.41, 5.74) is -1.07. The van der Waals surface area contributed by atoms with E-state index in [0.717, 1.165) is 31.4 Å². The number of nitrogens with zero attached hydrogens (tertiary/aromatic N) is 1. The average Bonchev–Trinajstić information content (AvgIpc) is 2.95. The van der Waals surface area contributed by atoms with Crippen molar-refractivity contribution < 1.29 is 26.4 Å². The van der Waals surface area contributed by atoms with Gasteiger partial charge in [-0.25, -0.2) is 8.42 Å². The second kappa shape index (κ2) is 8.16. The number of rotatable bonds is 4. The third-order valence-electron chi connectivity index (χ3n) is 6.60. The molecule has 2 aromatic carbocycles. The second-order valence-corrected chi connectivity index (χ2v) is 12.6. The number of halogens is 4. The van der Waals surface area contributed by atoms with Gasteiger partial charge in [-0.3, -0.25) is 9.52 Å². The van der Waals surface area contributed by atoms with Gasteiger partial charge in [-0.05, 0) is 66.5 Å². The molecule has 1 amide bonds. The van der Waals surface area contributed by atoms with Crippen molar-refractivity contribution in [3.63, 3.8) is 0 Å². The molecule has 0 radical (unpaired) electrons. The molecule has 10 heteroatoms. The Bertz CT molecular complexity index is 1250.